The summed E-state index contributed by atoms with van der Waals surface area (Å²) in [7, 11) is 0. The Morgan fingerprint density at radius 3 is 2.59 bits per heavy atom. The van der Waals surface area contributed by atoms with E-state index in [1.54, 1.807) is 0 Å². The highest BCUT2D eigenvalue weighted by Crippen LogP contribution is 2.32. The van der Waals surface area contributed by atoms with Crippen molar-refractivity contribution >= 4 is 21.7 Å². The fourth-order valence-electron chi connectivity index (χ4n) is 1.16. The molecule has 9 heteroatoms. The molecule has 0 aliphatic heterocycles. The lowest BCUT2D eigenvalue weighted by atomic mass is 10.2. The molecule has 0 aliphatic carbocycles. The summed E-state index contributed by atoms with van der Waals surface area (Å²) in [6, 6.07) is 0.933. The minimum atomic E-state index is -4.86. The van der Waals surface area contributed by atoms with Crippen molar-refractivity contribution in [2.75, 3.05) is 0 Å². The highest BCUT2D eigenvalue weighted by atomic mass is 79.9. The molecule has 0 N–H and O–H groups in total. The average Bonchev–Trinajstić information content (AvgIpc) is 2.18. The number of nitrogens with zero attached hydrogens (tertiary/aromatic N) is 2. The normalized spacial score (nSPS) is 11.4. The van der Waals surface area contributed by atoms with Crippen molar-refractivity contribution in [3.8, 4) is 5.75 Å². The number of alkyl halides is 4. The number of hydrogen-bond donors (Lipinski definition) is 0. The number of aromatic nitrogens is 1. The molecule has 1 heterocycles. The summed E-state index contributed by atoms with van der Waals surface area (Å²) in [4.78, 5) is 13.1. The second kappa shape index (κ2) is 4.86. The Labute approximate surface area is 102 Å². The van der Waals surface area contributed by atoms with E-state index in [2.05, 4.69) is 25.7 Å². The quantitative estimate of drug-likeness (QED) is 0.488. The Morgan fingerprint density at radius 1 is 1.59 bits per heavy atom. The van der Waals surface area contributed by atoms with E-state index >= 15 is 0 Å². The topological polar surface area (TPSA) is 65.3 Å². The number of hydrogen-bond acceptors (Lipinski definition) is 4. The smallest absolute Gasteiger partial charge is 0.401 e. The molecule has 1 aromatic heterocycles. The van der Waals surface area contributed by atoms with E-state index in [9.17, 15) is 23.3 Å². The molecule has 5 nitrogen and oxygen atoms in total. The Bertz CT molecular complexity index is 450. The number of pyridine rings is 1. The molecule has 0 fully saturated rings. The molecule has 0 spiro atoms. The van der Waals surface area contributed by atoms with Crippen LogP contribution < -0.4 is 4.74 Å². The summed E-state index contributed by atoms with van der Waals surface area (Å²) < 4.78 is 40.1. The van der Waals surface area contributed by atoms with Crippen LogP contribution in [0.1, 0.15) is 11.3 Å². The van der Waals surface area contributed by atoms with Gasteiger partial charge in [-0.2, -0.15) is 0 Å². The zero-order chi connectivity index (χ0) is 13.2. The third-order valence-electron chi connectivity index (χ3n) is 1.75. The molecule has 0 atom stereocenters. The first-order chi connectivity index (χ1) is 7.74. The van der Waals surface area contributed by atoms with Crippen molar-refractivity contribution in [1.29, 1.82) is 0 Å². The van der Waals surface area contributed by atoms with Gasteiger partial charge < -0.3 is 14.9 Å². The van der Waals surface area contributed by atoms with Gasteiger partial charge in [0.25, 0.3) is 0 Å². The highest BCUT2D eigenvalue weighted by Gasteiger charge is 2.34. The van der Waals surface area contributed by atoms with Crippen molar-refractivity contribution in [1.82, 2.24) is 4.98 Å². The van der Waals surface area contributed by atoms with Crippen molar-refractivity contribution < 1.29 is 22.8 Å². The van der Waals surface area contributed by atoms with Crippen LogP contribution in [-0.2, 0) is 5.33 Å². The predicted molar refractivity (Wildman–Crippen MR) is 54.9 cm³/mol. The summed E-state index contributed by atoms with van der Waals surface area (Å²) >= 11 is 2.94. The van der Waals surface area contributed by atoms with Gasteiger partial charge in [-0.3, -0.25) is 0 Å². The lowest BCUT2D eigenvalue weighted by Crippen LogP contribution is -2.19. The zero-order valence-corrected chi connectivity index (χ0v) is 10.0. The van der Waals surface area contributed by atoms with Crippen molar-refractivity contribution in [3.05, 3.63) is 27.4 Å². The molecule has 1 aromatic rings. The molecular weight excluding hydrogens is 309 g/mol. The molecule has 0 saturated carbocycles. The monoisotopic (exact) mass is 314 g/mol. The van der Waals surface area contributed by atoms with Gasteiger partial charge in [0.2, 0.25) is 0 Å². The second-order valence-electron chi connectivity index (χ2n) is 2.99. The summed E-state index contributed by atoms with van der Waals surface area (Å²) in [5.41, 5.74) is -0.174. The number of aryl methyl sites for hydroxylation is 1. The van der Waals surface area contributed by atoms with Gasteiger partial charge in [0.1, 0.15) is 0 Å². The molecule has 17 heavy (non-hydrogen) atoms. The first-order valence-electron chi connectivity index (χ1n) is 4.21. The SMILES string of the molecule is Cc1nc([N+](=O)[O-])cc(CBr)c1OC(F)(F)F. The number of ether oxygens (including phenoxy) is 1. The number of rotatable bonds is 3. The van der Waals surface area contributed by atoms with Crippen LogP contribution in [0.2, 0.25) is 0 Å². The van der Waals surface area contributed by atoms with Crippen LogP contribution in [-0.4, -0.2) is 16.3 Å². The molecule has 0 aliphatic rings. The fraction of sp³-hybridized carbons (Fsp3) is 0.375. The van der Waals surface area contributed by atoms with Crippen molar-refractivity contribution in [2.24, 2.45) is 0 Å². The van der Waals surface area contributed by atoms with Crippen LogP contribution in [0.15, 0.2) is 6.07 Å². The van der Waals surface area contributed by atoms with Gasteiger partial charge in [0, 0.05) is 23.9 Å². The number of halogens is 4. The Kier molecular flexibility index (Phi) is 3.91. The maximum atomic E-state index is 12.1. The molecule has 0 bridgehead atoms. The summed E-state index contributed by atoms with van der Waals surface area (Å²) in [6.45, 7) is 1.21. The minimum absolute atomic E-state index is 0.0113. The van der Waals surface area contributed by atoms with Crippen LogP contribution in [0, 0.1) is 17.0 Å². The third kappa shape index (κ3) is 3.55. The van der Waals surface area contributed by atoms with E-state index in [0.29, 0.717) is 0 Å². The Hall–Kier alpha value is -1.38. The maximum Gasteiger partial charge on any atom is 0.573 e. The molecular formula is C8H6BrF3N2O3. The van der Waals surface area contributed by atoms with Crippen molar-refractivity contribution in [2.45, 2.75) is 18.6 Å². The molecule has 0 saturated heterocycles. The highest BCUT2D eigenvalue weighted by molar-refractivity contribution is 9.08. The largest absolute Gasteiger partial charge is 0.573 e. The maximum absolute atomic E-state index is 12.1. The van der Waals surface area contributed by atoms with Crippen LogP contribution in [0.5, 0.6) is 5.75 Å². The van der Waals surface area contributed by atoms with Gasteiger partial charge in [-0.05, 0) is 9.91 Å². The van der Waals surface area contributed by atoms with Crippen LogP contribution in [0.25, 0.3) is 0 Å². The van der Waals surface area contributed by atoms with Crippen LogP contribution >= 0.6 is 15.9 Å². The van der Waals surface area contributed by atoms with E-state index in [4.69, 9.17) is 0 Å². The van der Waals surface area contributed by atoms with Gasteiger partial charge in [0.15, 0.2) is 11.4 Å². The third-order valence-corrected chi connectivity index (χ3v) is 2.36. The molecule has 94 valence electrons. The molecule has 0 unspecified atom stereocenters. The first-order valence-corrected chi connectivity index (χ1v) is 5.33. The molecule has 0 amide bonds. The fourth-order valence-corrected chi connectivity index (χ4v) is 1.57. The Morgan fingerprint density at radius 2 is 2.18 bits per heavy atom. The summed E-state index contributed by atoms with van der Waals surface area (Å²) in [5, 5.41) is 10.5. The van der Waals surface area contributed by atoms with E-state index in [1.165, 1.54) is 6.92 Å². The minimum Gasteiger partial charge on any atom is -0.401 e. The van der Waals surface area contributed by atoms with Gasteiger partial charge >= 0.3 is 12.2 Å². The van der Waals surface area contributed by atoms with E-state index < -0.39 is 22.9 Å². The van der Waals surface area contributed by atoms with E-state index in [0.717, 1.165) is 6.07 Å². The summed E-state index contributed by atoms with van der Waals surface area (Å²) in [5.74, 6) is -1.04. The zero-order valence-electron chi connectivity index (χ0n) is 8.42. The first kappa shape index (κ1) is 13.7. The second-order valence-corrected chi connectivity index (χ2v) is 3.55. The molecule has 0 radical (unpaired) electrons. The van der Waals surface area contributed by atoms with Gasteiger partial charge in [0.05, 0.1) is 0 Å². The number of nitro groups is 1. The van der Waals surface area contributed by atoms with Gasteiger partial charge in [-0.15, -0.1) is 13.2 Å². The molecule has 1 rings (SSSR count). The predicted octanol–water partition coefficient (Wildman–Crippen LogP) is 3.09. The summed E-state index contributed by atoms with van der Waals surface area (Å²) in [6.07, 6.45) is -4.86. The van der Waals surface area contributed by atoms with Crippen molar-refractivity contribution in [3.63, 3.8) is 0 Å². The average molecular weight is 315 g/mol. The lowest BCUT2D eigenvalue weighted by molar-refractivity contribution is -0.389. The van der Waals surface area contributed by atoms with Gasteiger partial charge in [-0.1, -0.05) is 15.9 Å². The van der Waals surface area contributed by atoms with Gasteiger partial charge in [-0.25, -0.2) is 0 Å². The van der Waals surface area contributed by atoms with E-state index in [-0.39, 0.29) is 16.6 Å². The molecule has 0 aromatic carbocycles. The standard InChI is InChI=1S/C8H6BrF3N2O3/c1-4-7(17-8(10,11)12)5(3-9)2-6(13-4)14(15)16/h2H,3H2,1H3. The van der Waals surface area contributed by atoms with Crippen LogP contribution in [0.4, 0.5) is 19.0 Å². The lowest BCUT2D eigenvalue weighted by Gasteiger charge is -2.12. The Balaban J connectivity index is 3.26. The van der Waals surface area contributed by atoms with Crippen LogP contribution in [0.3, 0.4) is 0 Å². The van der Waals surface area contributed by atoms with E-state index in [1.807, 2.05) is 0 Å².